The van der Waals surface area contributed by atoms with E-state index in [1.165, 1.54) is 11.6 Å². The molecule has 1 nitrogen and oxygen atoms in total. The van der Waals surface area contributed by atoms with Crippen LogP contribution in [0.4, 0.5) is 4.39 Å². The average Bonchev–Trinajstić information content (AvgIpc) is 2.26. The third-order valence-electron chi connectivity index (χ3n) is 2.54. The van der Waals surface area contributed by atoms with Gasteiger partial charge in [0.25, 0.3) is 0 Å². The van der Waals surface area contributed by atoms with E-state index in [1.54, 1.807) is 6.07 Å². The Hall–Kier alpha value is -1.41. The number of nitrogens with two attached hydrogens (primary N) is 1. The lowest BCUT2D eigenvalue weighted by Crippen LogP contribution is -2.00. The van der Waals surface area contributed by atoms with Crippen molar-refractivity contribution < 1.29 is 4.39 Å². The lowest BCUT2D eigenvalue weighted by molar-refractivity contribution is 0.630. The highest BCUT2D eigenvalue weighted by Gasteiger charge is 1.98. The SMILES string of the molecule is NCCCc1ccc2cc(F)ccc2c1. The van der Waals surface area contributed by atoms with Crippen molar-refractivity contribution in [1.82, 2.24) is 0 Å². The van der Waals surface area contributed by atoms with Crippen LogP contribution in [0.25, 0.3) is 10.8 Å². The van der Waals surface area contributed by atoms with E-state index in [2.05, 4.69) is 6.07 Å². The van der Waals surface area contributed by atoms with Crippen molar-refractivity contribution in [2.24, 2.45) is 5.73 Å². The number of hydrogen-bond donors (Lipinski definition) is 1. The van der Waals surface area contributed by atoms with E-state index in [9.17, 15) is 4.39 Å². The van der Waals surface area contributed by atoms with E-state index in [1.807, 2.05) is 18.2 Å². The van der Waals surface area contributed by atoms with Crippen molar-refractivity contribution in [1.29, 1.82) is 0 Å². The molecule has 0 aliphatic heterocycles. The summed E-state index contributed by atoms with van der Waals surface area (Å²) >= 11 is 0. The predicted octanol–water partition coefficient (Wildman–Crippen LogP) is 2.87. The summed E-state index contributed by atoms with van der Waals surface area (Å²) in [7, 11) is 0. The molecule has 2 heteroatoms. The average molecular weight is 203 g/mol. The van der Waals surface area contributed by atoms with Crippen LogP contribution in [0, 0.1) is 5.82 Å². The minimum absolute atomic E-state index is 0.183. The highest BCUT2D eigenvalue weighted by molar-refractivity contribution is 5.83. The minimum atomic E-state index is -0.183. The molecular weight excluding hydrogens is 189 g/mol. The van der Waals surface area contributed by atoms with Gasteiger partial charge in [0.15, 0.2) is 0 Å². The maximum Gasteiger partial charge on any atom is 0.123 e. The number of rotatable bonds is 3. The molecule has 2 aromatic carbocycles. The molecule has 2 N–H and O–H groups in total. The van der Waals surface area contributed by atoms with Crippen LogP contribution < -0.4 is 5.73 Å². The van der Waals surface area contributed by atoms with Crippen LogP contribution >= 0.6 is 0 Å². The number of hydrogen-bond acceptors (Lipinski definition) is 1. The molecule has 0 aliphatic rings. The predicted molar refractivity (Wildman–Crippen MR) is 61.3 cm³/mol. The summed E-state index contributed by atoms with van der Waals surface area (Å²) in [5.74, 6) is -0.183. The van der Waals surface area contributed by atoms with Crippen LogP contribution in [0.5, 0.6) is 0 Å². The Morgan fingerprint density at radius 1 is 1.00 bits per heavy atom. The van der Waals surface area contributed by atoms with Crippen LogP contribution in [0.3, 0.4) is 0 Å². The van der Waals surface area contributed by atoms with Gasteiger partial charge in [-0.25, -0.2) is 4.39 Å². The summed E-state index contributed by atoms with van der Waals surface area (Å²) in [5.41, 5.74) is 6.72. The first kappa shape index (κ1) is 10.1. The topological polar surface area (TPSA) is 26.0 Å². The zero-order chi connectivity index (χ0) is 10.7. The van der Waals surface area contributed by atoms with Crippen LogP contribution in [-0.2, 0) is 6.42 Å². The van der Waals surface area contributed by atoms with Crippen LogP contribution in [0.15, 0.2) is 36.4 Å². The number of halogens is 1. The number of aryl methyl sites for hydroxylation is 1. The molecule has 2 aromatic rings. The van der Waals surface area contributed by atoms with Crippen molar-refractivity contribution in [3.63, 3.8) is 0 Å². The first-order valence-electron chi connectivity index (χ1n) is 5.18. The molecule has 0 amide bonds. The molecule has 0 bridgehead atoms. The molecule has 15 heavy (non-hydrogen) atoms. The minimum Gasteiger partial charge on any atom is -0.330 e. The fourth-order valence-electron chi connectivity index (χ4n) is 1.73. The first-order chi connectivity index (χ1) is 7.29. The van der Waals surface area contributed by atoms with Crippen molar-refractivity contribution in [2.75, 3.05) is 6.54 Å². The zero-order valence-electron chi connectivity index (χ0n) is 8.54. The van der Waals surface area contributed by atoms with E-state index in [-0.39, 0.29) is 5.82 Å². The summed E-state index contributed by atoms with van der Waals surface area (Å²) in [6.45, 7) is 0.710. The van der Waals surface area contributed by atoms with Crippen molar-refractivity contribution in [3.05, 3.63) is 47.8 Å². The monoisotopic (exact) mass is 203 g/mol. The third kappa shape index (κ3) is 2.34. The van der Waals surface area contributed by atoms with E-state index in [0.29, 0.717) is 6.54 Å². The second-order valence-electron chi connectivity index (χ2n) is 3.72. The molecule has 0 aromatic heterocycles. The van der Waals surface area contributed by atoms with Crippen LogP contribution in [-0.4, -0.2) is 6.54 Å². The van der Waals surface area contributed by atoms with Crippen LogP contribution in [0.2, 0.25) is 0 Å². The molecule has 0 heterocycles. The normalized spacial score (nSPS) is 10.8. The molecule has 0 fully saturated rings. The van der Waals surface area contributed by atoms with Gasteiger partial charge in [-0.05, 0) is 47.9 Å². The molecule has 0 saturated heterocycles. The van der Waals surface area contributed by atoms with Gasteiger partial charge in [-0.3, -0.25) is 0 Å². The quantitative estimate of drug-likeness (QED) is 0.815. The van der Waals surface area contributed by atoms with Gasteiger partial charge < -0.3 is 5.73 Å². The van der Waals surface area contributed by atoms with Gasteiger partial charge in [-0.2, -0.15) is 0 Å². The molecule has 0 spiro atoms. The van der Waals surface area contributed by atoms with Crippen molar-refractivity contribution in [3.8, 4) is 0 Å². The molecule has 78 valence electrons. The molecule has 0 aliphatic carbocycles. The number of benzene rings is 2. The Morgan fingerprint density at radius 3 is 2.53 bits per heavy atom. The summed E-state index contributed by atoms with van der Waals surface area (Å²) in [4.78, 5) is 0. The van der Waals surface area contributed by atoms with E-state index in [4.69, 9.17) is 5.73 Å². The van der Waals surface area contributed by atoms with E-state index < -0.39 is 0 Å². The highest BCUT2D eigenvalue weighted by atomic mass is 19.1. The zero-order valence-corrected chi connectivity index (χ0v) is 8.54. The first-order valence-corrected chi connectivity index (χ1v) is 5.18. The van der Waals surface area contributed by atoms with Gasteiger partial charge in [0.1, 0.15) is 5.82 Å². The third-order valence-corrected chi connectivity index (χ3v) is 2.54. The highest BCUT2D eigenvalue weighted by Crippen LogP contribution is 2.18. The maximum atomic E-state index is 12.9. The Balaban J connectivity index is 2.34. The number of fused-ring (bicyclic) bond motifs is 1. The Morgan fingerprint density at radius 2 is 1.73 bits per heavy atom. The van der Waals surface area contributed by atoms with Gasteiger partial charge in [-0.1, -0.05) is 24.3 Å². The summed E-state index contributed by atoms with van der Waals surface area (Å²) in [6, 6.07) is 11.0. The lowest BCUT2D eigenvalue weighted by atomic mass is 10.0. The summed E-state index contributed by atoms with van der Waals surface area (Å²) < 4.78 is 12.9. The molecule has 2 rings (SSSR count). The maximum absolute atomic E-state index is 12.9. The van der Waals surface area contributed by atoms with Gasteiger partial charge in [0.2, 0.25) is 0 Å². The molecule has 0 radical (unpaired) electrons. The van der Waals surface area contributed by atoms with Gasteiger partial charge in [0, 0.05) is 0 Å². The Labute approximate surface area is 88.7 Å². The summed E-state index contributed by atoms with van der Waals surface area (Å²) in [6.07, 6.45) is 1.98. The van der Waals surface area contributed by atoms with Crippen LogP contribution in [0.1, 0.15) is 12.0 Å². The standard InChI is InChI=1S/C13H14FN/c14-13-6-5-11-8-10(2-1-7-15)3-4-12(11)9-13/h3-6,8-9H,1-2,7,15H2. The second-order valence-corrected chi connectivity index (χ2v) is 3.72. The van der Waals surface area contributed by atoms with Gasteiger partial charge in [0.05, 0.1) is 0 Å². The Bertz CT molecular complexity index is 465. The largest absolute Gasteiger partial charge is 0.330 e. The lowest BCUT2D eigenvalue weighted by Gasteiger charge is -2.03. The Kier molecular flexibility index (Phi) is 2.97. The smallest absolute Gasteiger partial charge is 0.123 e. The molecule has 0 unspecified atom stereocenters. The fourth-order valence-corrected chi connectivity index (χ4v) is 1.73. The molecule has 0 saturated carbocycles. The second kappa shape index (κ2) is 4.41. The molecular formula is C13H14FN. The molecule has 0 atom stereocenters. The van der Waals surface area contributed by atoms with Crippen molar-refractivity contribution in [2.45, 2.75) is 12.8 Å². The van der Waals surface area contributed by atoms with Gasteiger partial charge in [-0.15, -0.1) is 0 Å². The van der Waals surface area contributed by atoms with E-state index >= 15 is 0 Å². The fraction of sp³-hybridized carbons (Fsp3) is 0.231. The van der Waals surface area contributed by atoms with Crippen molar-refractivity contribution >= 4 is 10.8 Å². The summed E-state index contributed by atoms with van der Waals surface area (Å²) in [5, 5.41) is 2.04. The van der Waals surface area contributed by atoms with Gasteiger partial charge >= 0.3 is 0 Å². The van der Waals surface area contributed by atoms with E-state index in [0.717, 1.165) is 23.6 Å².